The van der Waals surface area contributed by atoms with Gasteiger partial charge in [0, 0.05) is 6.54 Å². The van der Waals surface area contributed by atoms with Crippen molar-refractivity contribution in [2.24, 2.45) is 0 Å². The van der Waals surface area contributed by atoms with E-state index in [-0.39, 0.29) is 0 Å². The fourth-order valence-electron chi connectivity index (χ4n) is 1.57. The zero-order valence-corrected chi connectivity index (χ0v) is 6.99. The number of hydrogen-bond donors (Lipinski definition) is 1. The van der Waals surface area contributed by atoms with Crippen LogP contribution >= 0.6 is 0 Å². The summed E-state index contributed by atoms with van der Waals surface area (Å²) in [6, 6.07) is 0. The molecule has 1 fully saturated rings. The maximum atomic E-state index is 5.56. The third-order valence-corrected chi connectivity index (χ3v) is 2.27. The first-order valence-electron chi connectivity index (χ1n) is 4.27. The van der Waals surface area contributed by atoms with E-state index in [9.17, 15) is 0 Å². The molecule has 66 valence electrons. The van der Waals surface area contributed by atoms with Crippen molar-refractivity contribution in [1.82, 2.24) is 10.1 Å². The highest BCUT2D eigenvalue weighted by atomic mass is 16.5. The van der Waals surface area contributed by atoms with Crippen molar-refractivity contribution in [2.75, 3.05) is 18.8 Å². The van der Waals surface area contributed by atoms with Crippen molar-refractivity contribution < 1.29 is 4.52 Å². The lowest BCUT2D eigenvalue weighted by molar-refractivity contribution is 0.331. The van der Waals surface area contributed by atoms with Crippen molar-refractivity contribution >= 4 is 5.88 Å². The van der Waals surface area contributed by atoms with Crippen molar-refractivity contribution in [1.29, 1.82) is 0 Å². The molecule has 0 atom stereocenters. The first-order chi connectivity index (χ1) is 5.86. The first-order valence-corrected chi connectivity index (χ1v) is 4.27. The Morgan fingerprint density at radius 1 is 1.50 bits per heavy atom. The Morgan fingerprint density at radius 2 is 2.25 bits per heavy atom. The summed E-state index contributed by atoms with van der Waals surface area (Å²) in [5.74, 6) is 0.460. The molecule has 1 aromatic rings. The Bertz CT molecular complexity index is 253. The molecule has 1 saturated heterocycles. The van der Waals surface area contributed by atoms with Crippen molar-refractivity contribution in [3.8, 4) is 0 Å². The Kier molecular flexibility index (Phi) is 1.99. The number of nitrogens with two attached hydrogens (primary N) is 1. The Morgan fingerprint density at radius 3 is 2.83 bits per heavy atom. The second-order valence-corrected chi connectivity index (χ2v) is 3.20. The number of aromatic nitrogens is 1. The van der Waals surface area contributed by atoms with Gasteiger partial charge in [-0.25, -0.2) is 0 Å². The molecule has 0 radical (unpaired) electrons. The highest BCUT2D eigenvalue weighted by molar-refractivity contribution is 5.32. The highest BCUT2D eigenvalue weighted by Gasteiger charge is 2.14. The predicted octanol–water partition coefficient (Wildman–Crippen LogP) is 0.853. The molecular formula is C8H13N3O. The van der Waals surface area contributed by atoms with Crippen LogP contribution in [0.3, 0.4) is 0 Å². The number of rotatable bonds is 2. The topological polar surface area (TPSA) is 55.3 Å². The second kappa shape index (κ2) is 3.15. The van der Waals surface area contributed by atoms with E-state index < -0.39 is 0 Å². The maximum absolute atomic E-state index is 5.56. The lowest BCUT2D eigenvalue weighted by Crippen LogP contribution is -2.18. The lowest BCUT2D eigenvalue weighted by Gasteiger charge is -2.12. The average Bonchev–Trinajstić information content (AvgIpc) is 2.65. The molecule has 2 rings (SSSR count). The standard InChI is InChI=1S/C8H13N3O/c9-8-7(5-10-12-8)6-11-3-1-2-4-11/h5H,1-4,6,9H2. The third kappa shape index (κ3) is 1.43. The minimum atomic E-state index is 0.460. The van der Waals surface area contributed by atoms with Crippen molar-refractivity contribution in [2.45, 2.75) is 19.4 Å². The average molecular weight is 167 g/mol. The zero-order chi connectivity index (χ0) is 8.39. The van der Waals surface area contributed by atoms with Gasteiger partial charge in [-0.15, -0.1) is 0 Å². The molecule has 0 bridgehead atoms. The first kappa shape index (κ1) is 7.61. The van der Waals surface area contributed by atoms with E-state index in [1.54, 1.807) is 6.20 Å². The number of nitrogens with zero attached hydrogens (tertiary/aromatic N) is 2. The monoisotopic (exact) mass is 167 g/mol. The summed E-state index contributed by atoms with van der Waals surface area (Å²) in [7, 11) is 0. The van der Waals surface area contributed by atoms with Gasteiger partial charge in [0.25, 0.3) is 0 Å². The van der Waals surface area contributed by atoms with Gasteiger partial charge in [-0.05, 0) is 25.9 Å². The molecular weight excluding hydrogens is 154 g/mol. The van der Waals surface area contributed by atoms with E-state index >= 15 is 0 Å². The molecule has 0 aromatic carbocycles. The van der Waals surface area contributed by atoms with E-state index in [0.717, 1.165) is 12.1 Å². The van der Waals surface area contributed by atoms with E-state index in [2.05, 4.69) is 10.1 Å². The minimum Gasteiger partial charge on any atom is -0.367 e. The fourth-order valence-corrected chi connectivity index (χ4v) is 1.57. The SMILES string of the molecule is Nc1oncc1CN1CCCC1. The summed E-state index contributed by atoms with van der Waals surface area (Å²) in [6.07, 6.45) is 4.30. The smallest absolute Gasteiger partial charge is 0.226 e. The quantitative estimate of drug-likeness (QED) is 0.709. The third-order valence-electron chi connectivity index (χ3n) is 2.27. The Hall–Kier alpha value is -1.03. The summed E-state index contributed by atoms with van der Waals surface area (Å²) in [4.78, 5) is 2.36. The summed E-state index contributed by atoms with van der Waals surface area (Å²) in [5.41, 5.74) is 6.57. The largest absolute Gasteiger partial charge is 0.367 e. The fraction of sp³-hybridized carbons (Fsp3) is 0.625. The molecule has 0 saturated carbocycles. The van der Waals surface area contributed by atoms with Crippen LogP contribution in [0.2, 0.25) is 0 Å². The van der Waals surface area contributed by atoms with E-state index in [4.69, 9.17) is 10.3 Å². The minimum absolute atomic E-state index is 0.460. The molecule has 1 aliphatic rings. The van der Waals surface area contributed by atoms with Crippen LogP contribution in [0.5, 0.6) is 0 Å². The summed E-state index contributed by atoms with van der Waals surface area (Å²) >= 11 is 0. The number of likely N-dealkylation sites (tertiary alicyclic amines) is 1. The second-order valence-electron chi connectivity index (χ2n) is 3.20. The molecule has 12 heavy (non-hydrogen) atoms. The van der Waals surface area contributed by atoms with Crippen LogP contribution in [0.25, 0.3) is 0 Å². The van der Waals surface area contributed by atoms with Gasteiger partial charge in [0.2, 0.25) is 5.88 Å². The van der Waals surface area contributed by atoms with Gasteiger partial charge in [0.05, 0.1) is 11.8 Å². The van der Waals surface area contributed by atoms with Crippen LogP contribution in [0, 0.1) is 0 Å². The van der Waals surface area contributed by atoms with E-state index in [0.29, 0.717) is 5.88 Å². The van der Waals surface area contributed by atoms with Crippen molar-refractivity contribution in [3.05, 3.63) is 11.8 Å². The van der Waals surface area contributed by atoms with Crippen LogP contribution < -0.4 is 5.73 Å². The summed E-state index contributed by atoms with van der Waals surface area (Å²) in [6.45, 7) is 3.23. The van der Waals surface area contributed by atoms with Crippen LogP contribution in [-0.2, 0) is 6.54 Å². The van der Waals surface area contributed by atoms with Crippen molar-refractivity contribution in [3.63, 3.8) is 0 Å². The molecule has 0 unspecified atom stereocenters. The Labute approximate surface area is 71.3 Å². The normalized spacial score (nSPS) is 18.7. The molecule has 0 spiro atoms. The van der Waals surface area contributed by atoms with Gasteiger partial charge >= 0.3 is 0 Å². The molecule has 4 nitrogen and oxygen atoms in total. The number of nitrogen functional groups attached to an aromatic ring is 1. The molecule has 1 aromatic heterocycles. The summed E-state index contributed by atoms with van der Waals surface area (Å²) in [5, 5.41) is 3.64. The van der Waals surface area contributed by atoms with E-state index in [1.807, 2.05) is 0 Å². The Balaban J connectivity index is 1.98. The van der Waals surface area contributed by atoms with Crippen LogP contribution in [-0.4, -0.2) is 23.1 Å². The van der Waals surface area contributed by atoms with Gasteiger partial charge < -0.3 is 10.3 Å². The molecule has 2 N–H and O–H groups in total. The van der Waals surface area contributed by atoms with Gasteiger partial charge in [-0.3, -0.25) is 4.90 Å². The van der Waals surface area contributed by atoms with Crippen LogP contribution in [0.4, 0.5) is 5.88 Å². The van der Waals surface area contributed by atoms with E-state index in [1.165, 1.54) is 25.9 Å². The van der Waals surface area contributed by atoms with Gasteiger partial charge in [0.15, 0.2) is 0 Å². The molecule has 0 amide bonds. The molecule has 2 heterocycles. The molecule has 0 aliphatic carbocycles. The lowest BCUT2D eigenvalue weighted by atomic mass is 10.3. The molecule has 4 heteroatoms. The molecule has 1 aliphatic heterocycles. The number of anilines is 1. The van der Waals surface area contributed by atoms with Crippen LogP contribution in [0.1, 0.15) is 18.4 Å². The maximum Gasteiger partial charge on any atom is 0.226 e. The van der Waals surface area contributed by atoms with Crippen LogP contribution in [0.15, 0.2) is 10.7 Å². The van der Waals surface area contributed by atoms with Gasteiger partial charge in [0.1, 0.15) is 0 Å². The summed E-state index contributed by atoms with van der Waals surface area (Å²) < 4.78 is 4.78. The van der Waals surface area contributed by atoms with Gasteiger partial charge in [-0.2, -0.15) is 0 Å². The zero-order valence-electron chi connectivity index (χ0n) is 6.99. The highest BCUT2D eigenvalue weighted by Crippen LogP contribution is 2.16. The van der Waals surface area contributed by atoms with Gasteiger partial charge in [-0.1, -0.05) is 5.16 Å². The predicted molar refractivity (Wildman–Crippen MR) is 45.4 cm³/mol. The number of hydrogen-bond acceptors (Lipinski definition) is 4.